The van der Waals surface area contributed by atoms with Gasteiger partial charge in [-0.15, -0.1) is 0 Å². The van der Waals surface area contributed by atoms with E-state index in [0.29, 0.717) is 19.3 Å². The molecule has 1 saturated heterocycles. The summed E-state index contributed by atoms with van der Waals surface area (Å²) < 4.78 is 11.3. The van der Waals surface area contributed by atoms with Crippen molar-refractivity contribution in [2.24, 2.45) is 0 Å². The molecule has 9 heteroatoms. The van der Waals surface area contributed by atoms with E-state index in [9.17, 15) is 35.4 Å². The summed E-state index contributed by atoms with van der Waals surface area (Å²) in [6.07, 6.45) is -6.03. The minimum atomic E-state index is -1.57. The van der Waals surface area contributed by atoms with Crippen molar-refractivity contribution in [1.82, 2.24) is 0 Å². The zero-order valence-corrected chi connectivity index (χ0v) is 18.7. The van der Waals surface area contributed by atoms with Gasteiger partial charge in [-0.25, -0.2) is 0 Å². The van der Waals surface area contributed by atoms with Gasteiger partial charge < -0.3 is 40.1 Å². The van der Waals surface area contributed by atoms with Gasteiger partial charge in [0.1, 0.15) is 41.7 Å². The molecule has 0 spiro atoms. The Balaban J connectivity index is 1.64. The maximum absolute atomic E-state index is 12.7. The molecule has 1 aliphatic heterocycles. The second kappa shape index (κ2) is 12.3. The van der Waals surface area contributed by atoms with E-state index in [2.05, 4.69) is 0 Å². The average molecular weight is 477 g/mol. The van der Waals surface area contributed by atoms with Crippen LogP contribution in [0.4, 0.5) is 0 Å². The Bertz CT molecular complexity index is 898. The highest BCUT2D eigenvalue weighted by Gasteiger charge is 2.44. The highest BCUT2D eigenvalue weighted by Crippen LogP contribution is 2.25. The van der Waals surface area contributed by atoms with Crippen LogP contribution in [0.15, 0.2) is 48.5 Å². The van der Waals surface area contributed by atoms with Crippen LogP contribution in [0.2, 0.25) is 0 Å². The lowest BCUT2D eigenvalue weighted by atomic mass is 9.98. The first-order valence-electron chi connectivity index (χ1n) is 11.3. The number of hydrogen-bond acceptors (Lipinski definition) is 9. The number of phenols is 2. The maximum Gasteiger partial charge on any atom is 0.186 e. The molecule has 34 heavy (non-hydrogen) atoms. The Labute approximate surface area is 197 Å². The third kappa shape index (κ3) is 7.23. The molecule has 6 N–H and O–H groups in total. The average Bonchev–Trinajstić information content (AvgIpc) is 2.83. The molecule has 1 fully saturated rings. The van der Waals surface area contributed by atoms with Gasteiger partial charge in [0.15, 0.2) is 6.29 Å². The van der Waals surface area contributed by atoms with Crippen LogP contribution in [0.5, 0.6) is 11.5 Å². The number of aromatic hydroxyl groups is 2. The monoisotopic (exact) mass is 476 g/mol. The smallest absolute Gasteiger partial charge is 0.186 e. The van der Waals surface area contributed by atoms with Crippen molar-refractivity contribution >= 4 is 5.78 Å². The first kappa shape index (κ1) is 26.1. The number of ether oxygens (including phenoxy) is 2. The second-order valence-corrected chi connectivity index (χ2v) is 8.57. The third-order valence-corrected chi connectivity index (χ3v) is 5.95. The van der Waals surface area contributed by atoms with Crippen molar-refractivity contribution in [1.29, 1.82) is 0 Å². The Hall–Kier alpha value is -2.53. The van der Waals surface area contributed by atoms with Gasteiger partial charge in [-0.05, 0) is 54.7 Å². The molecule has 6 atom stereocenters. The molecule has 0 radical (unpaired) electrons. The molecule has 2 aromatic carbocycles. The largest absolute Gasteiger partial charge is 0.508 e. The summed E-state index contributed by atoms with van der Waals surface area (Å²) in [5.41, 5.74) is 1.82. The molecule has 2 aromatic rings. The fraction of sp³-hybridized carbons (Fsp3) is 0.480. The number of phenolic OH excluding ortho intramolecular Hbond substituents is 2. The van der Waals surface area contributed by atoms with E-state index in [4.69, 9.17) is 9.47 Å². The van der Waals surface area contributed by atoms with Crippen molar-refractivity contribution in [3.05, 3.63) is 59.7 Å². The number of Topliss-reactive ketones (excluding diaryl/α,β-unsaturated/α-hetero) is 1. The fourth-order valence-electron chi connectivity index (χ4n) is 3.88. The standard InChI is InChI=1S/C25H32O9/c26-14-21-22(30)23(31)24(32)25(34-21)33-20(12-6-16-3-9-18(28)10-4-16)13-19(29)11-5-15-1-7-17(27)8-2-15/h1-4,7-10,20-28,30-32H,5-6,11-14H2/t20?,21-,22-,23+,24-,25-/m1/s1. The van der Waals surface area contributed by atoms with Crippen LogP contribution in [0, 0.1) is 0 Å². The van der Waals surface area contributed by atoms with Crippen molar-refractivity contribution in [2.45, 2.75) is 68.9 Å². The van der Waals surface area contributed by atoms with Crippen molar-refractivity contribution in [3.63, 3.8) is 0 Å². The molecule has 1 unspecified atom stereocenters. The lowest BCUT2D eigenvalue weighted by Crippen LogP contribution is -2.59. The number of aliphatic hydroxyl groups excluding tert-OH is 4. The molecule has 1 aliphatic rings. The molecular formula is C25H32O9. The second-order valence-electron chi connectivity index (χ2n) is 8.57. The van der Waals surface area contributed by atoms with Crippen LogP contribution < -0.4 is 0 Å². The quantitative estimate of drug-likeness (QED) is 0.276. The van der Waals surface area contributed by atoms with Crippen LogP contribution >= 0.6 is 0 Å². The van der Waals surface area contributed by atoms with Gasteiger partial charge in [0.2, 0.25) is 0 Å². The summed E-state index contributed by atoms with van der Waals surface area (Å²) in [6, 6.07) is 13.2. The molecule has 3 rings (SSSR count). The summed E-state index contributed by atoms with van der Waals surface area (Å²) in [6.45, 7) is -0.575. The number of aryl methyl sites for hydroxylation is 2. The van der Waals surface area contributed by atoms with Crippen molar-refractivity contribution < 1.29 is 44.9 Å². The molecule has 9 nitrogen and oxygen atoms in total. The number of carbonyl (C=O) groups excluding carboxylic acids is 1. The summed E-state index contributed by atoms with van der Waals surface area (Å²) in [5, 5.41) is 58.6. The SMILES string of the molecule is O=C(CCc1ccc(O)cc1)CC(CCc1ccc(O)cc1)O[C@@H]1O[C@H](CO)[C@@H](O)[C@H](O)[C@H]1O. The van der Waals surface area contributed by atoms with E-state index >= 15 is 0 Å². The summed E-state index contributed by atoms with van der Waals surface area (Å²) >= 11 is 0. The zero-order valence-electron chi connectivity index (χ0n) is 18.7. The molecule has 0 aliphatic carbocycles. The van der Waals surface area contributed by atoms with Gasteiger partial charge in [-0.3, -0.25) is 4.79 Å². The number of rotatable bonds is 11. The van der Waals surface area contributed by atoms with E-state index in [1.807, 2.05) is 0 Å². The minimum Gasteiger partial charge on any atom is -0.508 e. The van der Waals surface area contributed by atoms with Gasteiger partial charge in [-0.1, -0.05) is 24.3 Å². The van der Waals surface area contributed by atoms with Gasteiger partial charge in [0.05, 0.1) is 12.7 Å². The Morgan fingerprint density at radius 2 is 1.41 bits per heavy atom. The topological polar surface area (TPSA) is 157 Å². The molecule has 0 saturated carbocycles. The summed E-state index contributed by atoms with van der Waals surface area (Å²) in [7, 11) is 0. The summed E-state index contributed by atoms with van der Waals surface area (Å²) in [4.78, 5) is 12.7. The van der Waals surface area contributed by atoms with Crippen LogP contribution in [0.1, 0.15) is 30.4 Å². The lowest BCUT2D eigenvalue weighted by molar-refractivity contribution is -0.311. The molecular weight excluding hydrogens is 444 g/mol. The predicted molar refractivity (Wildman–Crippen MR) is 121 cm³/mol. The van der Waals surface area contributed by atoms with Crippen LogP contribution in [-0.4, -0.2) is 79.8 Å². The maximum atomic E-state index is 12.7. The molecule has 0 bridgehead atoms. The van der Waals surface area contributed by atoms with E-state index < -0.39 is 43.4 Å². The zero-order chi connectivity index (χ0) is 24.7. The highest BCUT2D eigenvalue weighted by molar-refractivity contribution is 5.79. The molecule has 1 heterocycles. The number of hydrogen-bond donors (Lipinski definition) is 6. The fourth-order valence-corrected chi connectivity index (χ4v) is 3.88. The third-order valence-electron chi connectivity index (χ3n) is 5.95. The van der Waals surface area contributed by atoms with E-state index in [0.717, 1.165) is 11.1 Å². The minimum absolute atomic E-state index is 0.0329. The Morgan fingerprint density at radius 3 is 1.97 bits per heavy atom. The van der Waals surface area contributed by atoms with Crippen molar-refractivity contribution in [2.75, 3.05) is 6.61 Å². The van der Waals surface area contributed by atoms with E-state index in [1.54, 1.807) is 48.5 Å². The van der Waals surface area contributed by atoms with Crippen LogP contribution in [0.25, 0.3) is 0 Å². The number of aliphatic hydroxyl groups is 4. The van der Waals surface area contributed by atoms with Gasteiger partial charge in [-0.2, -0.15) is 0 Å². The number of ketones is 1. The predicted octanol–water partition coefficient (Wildman–Crippen LogP) is 0.807. The van der Waals surface area contributed by atoms with E-state index in [1.165, 1.54) is 0 Å². The van der Waals surface area contributed by atoms with Gasteiger partial charge >= 0.3 is 0 Å². The van der Waals surface area contributed by atoms with Crippen LogP contribution in [0.3, 0.4) is 0 Å². The molecule has 0 aromatic heterocycles. The lowest BCUT2D eigenvalue weighted by Gasteiger charge is -2.40. The first-order chi connectivity index (χ1) is 16.3. The number of benzene rings is 2. The Morgan fingerprint density at radius 1 is 0.853 bits per heavy atom. The summed E-state index contributed by atoms with van der Waals surface area (Å²) in [5.74, 6) is 0.216. The van der Waals surface area contributed by atoms with Gasteiger partial charge in [0, 0.05) is 12.8 Å². The molecule has 0 amide bonds. The Kier molecular flexibility index (Phi) is 9.40. The normalized spacial score (nSPS) is 25.7. The van der Waals surface area contributed by atoms with Crippen LogP contribution in [-0.2, 0) is 27.1 Å². The number of carbonyl (C=O) groups is 1. The van der Waals surface area contributed by atoms with E-state index in [-0.39, 0.29) is 30.1 Å². The molecule has 186 valence electrons. The first-order valence-corrected chi connectivity index (χ1v) is 11.3. The van der Waals surface area contributed by atoms with Crippen molar-refractivity contribution in [3.8, 4) is 11.5 Å². The van der Waals surface area contributed by atoms with Gasteiger partial charge in [0.25, 0.3) is 0 Å². The highest BCUT2D eigenvalue weighted by atomic mass is 16.7.